The number of hydrogen-bond acceptors (Lipinski definition) is 3. The highest BCUT2D eigenvalue weighted by Crippen LogP contribution is 2.21. The summed E-state index contributed by atoms with van der Waals surface area (Å²) >= 11 is 5.94. The van der Waals surface area contributed by atoms with Gasteiger partial charge in [-0.3, -0.25) is 4.79 Å². The minimum Gasteiger partial charge on any atom is -0.469 e. The molecule has 2 aromatic rings. The van der Waals surface area contributed by atoms with E-state index in [0.29, 0.717) is 6.42 Å². The van der Waals surface area contributed by atoms with Crippen LogP contribution in [0, 0.1) is 0 Å². The molecule has 0 aliphatic rings. The maximum atomic E-state index is 10.9. The van der Waals surface area contributed by atoms with Crippen molar-refractivity contribution in [3.05, 3.63) is 35.0 Å². The highest BCUT2D eigenvalue weighted by atomic mass is 35.5. The number of H-pyrrole nitrogens is 1. The number of nitrogens with one attached hydrogen (secondary N) is 2. The van der Waals surface area contributed by atoms with E-state index in [9.17, 15) is 4.79 Å². The molecule has 4 nitrogen and oxygen atoms in total. The van der Waals surface area contributed by atoms with Gasteiger partial charge in [0.1, 0.15) is 0 Å². The maximum Gasteiger partial charge on any atom is 0.305 e. The molecule has 0 aliphatic carbocycles. The number of halogens is 1. The van der Waals surface area contributed by atoms with Gasteiger partial charge in [0.15, 0.2) is 0 Å². The number of fused-ring (bicyclic) bond motifs is 1. The van der Waals surface area contributed by atoms with Crippen LogP contribution >= 0.6 is 11.6 Å². The van der Waals surface area contributed by atoms with Gasteiger partial charge in [-0.2, -0.15) is 0 Å². The van der Waals surface area contributed by atoms with Crippen molar-refractivity contribution < 1.29 is 9.53 Å². The van der Waals surface area contributed by atoms with E-state index in [1.54, 1.807) is 0 Å². The summed E-state index contributed by atoms with van der Waals surface area (Å²) in [5.74, 6) is -0.163. The van der Waals surface area contributed by atoms with Crippen LogP contribution in [0.15, 0.2) is 24.4 Å². The largest absolute Gasteiger partial charge is 0.469 e. The first kappa shape index (κ1) is 13.9. The van der Waals surface area contributed by atoms with Crippen molar-refractivity contribution in [3.63, 3.8) is 0 Å². The van der Waals surface area contributed by atoms with Gasteiger partial charge in [-0.25, -0.2) is 0 Å². The van der Waals surface area contributed by atoms with E-state index in [4.69, 9.17) is 11.6 Å². The molecule has 0 bridgehead atoms. The summed E-state index contributed by atoms with van der Waals surface area (Å²) in [4.78, 5) is 14.1. The van der Waals surface area contributed by atoms with Crippen molar-refractivity contribution in [3.8, 4) is 0 Å². The first-order chi connectivity index (χ1) is 9.20. The minimum absolute atomic E-state index is 0.163. The third-order valence-corrected chi connectivity index (χ3v) is 3.24. The third kappa shape index (κ3) is 3.72. The van der Waals surface area contributed by atoms with Gasteiger partial charge in [0.05, 0.1) is 7.11 Å². The summed E-state index contributed by atoms with van der Waals surface area (Å²) < 4.78 is 4.59. The van der Waals surface area contributed by atoms with E-state index in [2.05, 4.69) is 15.0 Å². The van der Waals surface area contributed by atoms with E-state index >= 15 is 0 Å². The summed E-state index contributed by atoms with van der Waals surface area (Å²) in [5, 5.41) is 5.21. The predicted octanol–water partition coefficient (Wildman–Crippen LogP) is 2.86. The van der Waals surface area contributed by atoms with Crippen molar-refractivity contribution in [1.82, 2.24) is 10.3 Å². The van der Waals surface area contributed by atoms with E-state index in [0.717, 1.165) is 30.0 Å². The second kappa shape index (κ2) is 6.59. The topological polar surface area (TPSA) is 54.1 Å². The Hall–Kier alpha value is -1.52. The first-order valence-electron chi connectivity index (χ1n) is 6.24. The van der Waals surface area contributed by atoms with E-state index < -0.39 is 0 Å². The number of aromatic amines is 1. The molecular formula is C14H17ClN2O2. The van der Waals surface area contributed by atoms with E-state index in [1.165, 1.54) is 18.1 Å². The van der Waals surface area contributed by atoms with Gasteiger partial charge in [-0.15, -0.1) is 0 Å². The molecule has 0 aliphatic heterocycles. The van der Waals surface area contributed by atoms with Gasteiger partial charge in [0, 0.05) is 35.1 Å². The van der Waals surface area contributed by atoms with Crippen molar-refractivity contribution in [2.75, 3.05) is 13.7 Å². The van der Waals surface area contributed by atoms with Crippen LogP contribution in [0.1, 0.15) is 18.4 Å². The molecule has 1 aromatic carbocycles. The van der Waals surface area contributed by atoms with Crippen LogP contribution in [0.2, 0.25) is 5.02 Å². The Labute approximate surface area is 117 Å². The van der Waals surface area contributed by atoms with E-state index in [1.807, 2.05) is 24.4 Å². The summed E-state index contributed by atoms with van der Waals surface area (Å²) in [6.07, 6.45) is 3.21. The Morgan fingerprint density at radius 1 is 1.47 bits per heavy atom. The number of hydrogen-bond donors (Lipinski definition) is 2. The molecule has 102 valence electrons. The highest BCUT2D eigenvalue weighted by molar-refractivity contribution is 6.31. The molecule has 0 amide bonds. The number of esters is 1. The Kier molecular flexibility index (Phi) is 4.82. The zero-order chi connectivity index (χ0) is 13.7. The Balaban J connectivity index is 1.83. The zero-order valence-corrected chi connectivity index (χ0v) is 11.6. The van der Waals surface area contributed by atoms with Crippen LogP contribution in [0.4, 0.5) is 0 Å². The molecule has 2 N–H and O–H groups in total. The maximum absolute atomic E-state index is 10.9. The summed E-state index contributed by atoms with van der Waals surface area (Å²) in [6, 6.07) is 5.82. The molecule has 2 rings (SSSR count). The van der Waals surface area contributed by atoms with Crippen molar-refractivity contribution in [1.29, 1.82) is 0 Å². The molecule has 1 heterocycles. The number of benzene rings is 1. The molecule has 0 saturated heterocycles. The normalized spacial score (nSPS) is 10.8. The van der Waals surface area contributed by atoms with Crippen LogP contribution in [0.3, 0.4) is 0 Å². The van der Waals surface area contributed by atoms with Crippen molar-refractivity contribution >= 4 is 28.5 Å². The SMILES string of the molecule is COC(=O)CCCNCc1c[nH]c2cc(Cl)ccc12. The quantitative estimate of drug-likeness (QED) is 0.632. The highest BCUT2D eigenvalue weighted by Gasteiger charge is 2.04. The molecule has 0 unspecified atom stereocenters. The van der Waals surface area contributed by atoms with Gasteiger partial charge in [0.25, 0.3) is 0 Å². The first-order valence-corrected chi connectivity index (χ1v) is 6.61. The van der Waals surface area contributed by atoms with Gasteiger partial charge in [-0.05, 0) is 30.7 Å². The predicted molar refractivity (Wildman–Crippen MR) is 76.3 cm³/mol. The average Bonchev–Trinajstić information content (AvgIpc) is 2.80. The monoisotopic (exact) mass is 280 g/mol. The molecule has 0 saturated carbocycles. The summed E-state index contributed by atoms with van der Waals surface area (Å²) in [5.41, 5.74) is 2.24. The fourth-order valence-corrected chi connectivity index (χ4v) is 2.16. The standard InChI is InChI=1S/C14H17ClN2O2/c1-19-14(18)3-2-6-16-8-10-9-17-13-7-11(15)4-5-12(10)13/h4-5,7,9,16-17H,2-3,6,8H2,1H3. The number of aromatic nitrogens is 1. The number of rotatable bonds is 6. The lowest BCUT2D eigenvalue weighted by Gasteiger charge is -2.03. The second-order valence-electron chi connectivity index (χ2n) is 4.36. The van der Waals surface area contributed by atoms with Crippen LogP contribution in [0.5, 0.6) is 0 Å². The van der Waals surface area contributed by atoms with Crippen molar-refractivity contribution in [2.24, 2.45) is 0 Å². The molecular weight excluding hydrogens is 264 g/mol. The number of ether oxygens (including phenoxy) is 1. The minimum atomic E-state index is -0.163. The van der Waals surface area contributed by atoms with E-state index in [-0.39, 0.29) is 5.97 Å². The Bertz CT molecular complexity index is 566. The zero-order valence-electron chi connectivity index (χ0n) is 10.8. The van der Waals surface area contributed by atoms with Crippen LogP contribution in [-0.4, -0.2) is 24.6 Å². The molecule has 0 radical (unpaired) electrons. The van der Waals surface area contributed by atoms with Crippen LogP contribution in [-0.2, 0) is 16.1 Å². The lowest BCUT2D eigenvalue weighted by atomic mass is 10.2. The van der Waals surface area contributed by atoms with Crippen LogP contribution in [0.25, 0.3) is 10.9 Å². The molecule has 0 atom stereocenters. The van der Waals surface area contributed by atoms with Crippen LogP contribution < -0.4 is 5.32 Å². The Morgan fingerprint density at radius 3 is 3.11 bits per heavy atom. The smallest absolute Gasteiger partial charge is 0.305 e. The van der Waals surface area contributed by atoms with Gasteiger partial charge < -0.3 is 15.0 Å². The number of methoxy groups -OCH3 is 1. The molecule has 0 fully saturated rings. The number of carbonyl (C=O) groups excluding carboxylic acids is 1. The third-order valence-electron chi connectivity index (χ3n) is 3.01. The summed E-state index contributed by atoms with van der Waals surface area (Å²) in [7, 11) is 1.41. The van der Waals surface area contributed by atoms with Gasteiger partial charge in [0.2, 0.25) is 0 Å². The Morgan fingerprint density at radius 2 is 2.32 bits per heavy atom. The van der Waals surface area contributed by atoms with Crippen molar-refractivity contribution in [2.45, 2.75) is 19.4 Å². The van der Waals surface area contributed by atoms with Gasteiger partial charge in [-0.1, -0.05) is 17.7 Å². The summed E-state index contributed by atoms with van der Waals surface area (Å²) in [6.45, 7) is 1.55. The number of carbonyl (C=O) groups is 1. The van der Waals surface area contributed by atoms with Gasteiger partial charge >= 0.3 is 5.97 Å². The lowest BCUT2D eigenvalue weighted by molar-refractivity contribution is -0.140. The second-order valence-corrected chi connectivity index (χ2v) is 4.80. The molecule has 1 aromatic heterocycles. The lowest BCUT2D eigenvalue weighted by Crippen LogP contribution is -2.15. The average molecular weight is 281 g/mol. The molecule has 0 spiro atoms. The molecule has 19 heavy (non-hydrogen) atoms. The fourth-order valence-electron chi connectivity index (χ4n) is 1.99. The molecule has 5 heteroatoms. The fraction of sp³-hybridized carbons (Fsp3) is 0.357.